The lowest BCUT2D eigenvalue weighted by Gasteiger charge is -2.28. The lowest BCUT2D eigenvalue weighted by atomic mass is 9.78. The zero-order valence-corrected chi connectivity index (χ0v) is 12.4. The van der Waals surface area contributed by atoms with Crippen molar-refractivity contribution >= 4 is 11.8 Å². The van der Waals surface area contributed by atoms with Gasteiger partial charge in [-0.25, -0.2) is 0 Å². The molecule has 2 amide bonds. The Bertz CT molecular complexity index is 318. The van der Waals surface area contributed by atoms with E-state index in [-0.39, 0.29) is 11.8 Å². The quantitative estimate of drug-likeness (QED) is 0.782. The summed E-state index contributed by atoms with van der Waals surface area (Å²) >= 11 is 0. The predicted molar refractivity (Wildman–Crippen MR) is 80.1 cm³/mol. The Morgan fingerprint density at radius 2 is 1.15 bits per heavy atom. The van der Waals surface area contributed by atoms with Crippen molar-refractivity contribution in [2.24, 2.45) is 11.8 Å². The fourth-order valence-electron chi connectivity index (χ4n) is 3.67. The number of nitrogens with one attached hydrogen (secondary N) is 1. The van der Waals surface area contributed by atoms with E-state index in [1.54, 1.807) is 32.1 Å². The van der Waals surface area contributed by atoms with Crippen LogP contribution in [0.1, 0.15) is 70.6 Å². The topological polar surface area (TPSA) is 46.2 Å². The fourth-order valence-corrected chi connectivity index (χ4v) is 3.67. The molecule has 3 nitrogen and oxygen atoms in total. The minimum absolute atomic E-state index is 0.329. The Balaban J connectivity index is 0.000000178. The van der Waals surface area contributed by atoms with Crippen molar-refractivity contribution in [1.29, 1.82) is 0 Å². The van der Waals surface area contributed by atoms with Crippen LogP contribution in [0.25, 0.3) is 0 Å². The summed E-state index contributed by atoms with van der Waals surface area (Å²) in [5.41, 5.74) is 0. The number of hydrogen-bond donors (Lipinski definition) is 1. The maximum absolute atomic E-state index is 10.0. The van der Waals surface area contributed by atoms with Crippen molar-refractivity contribution in [1.82, 2.24) is 5.32 Å². The van der Waals surface area contributed by atoms with Gasteiger partial charge >= 0.3 is 0 Å². The van der Waals surface area contributed by atoms with Gasteiger partial charge in [-0.2, -0.15) is 0 Å². The highest BCUT2D eigenvalue weighted by molar-refractivity contribution is 6.12. The summed E-state index contributed by atoms with van der Waals surface area (Å²) in [6.45, 7) is 0. The zero-order valence-electron chi connectivity index (χ0n) is 12.4. The SMILES string of the molecule is C1CCC(CC2CCCCC2)CC1.O=C1C=CC(=O)N1. The summed E-state index contributed by atoms with van der Waals surface area (Å²) in [5, 5.41) is 2.03. The third kappa shape index (κ3) is 5.48. The lowest BCUT2D eigenvalue weighted by Crippen LogP contribution is -2.19. The molecule has 0 spiro atoms. The highest BCUT2D eigenvalue weighted by atomic mass is 16.2. The van der Waals surface area contributed by atoms with Gasteiger partial charge in [0, 0.05) is 12.2 Å². The third-order valence-corrected chi connectivity index (χ3v) is 4.75. The van der Waals surface area contributed by atoms with Crippen molar-refractivity contribution in [3.05, 3.63) is 12.2 Å². The normalized spacial score (nSPS) is 24.2. The van der Waals surface area contributed by atoms with E-state index in [1.807, 2.05) is 5.32 Å². The Morgan fingerprint density at radius 3 is 1.45 bits per heavy atom. The molecule has 0 saturated heterocycles. The summed E-state index contributed by atoms with van der Waals surface area (Å²) in [6.07, 6.45) is 19.3. The van der Waals surface area contributed by atoms with Gasteiger partial charge in [0.1, 0.15) is 0 Å². The maximum atomic E-state index is 10.0. The summed E-state index contributed by atoms with van der Waals surface area (Å²) in [4.78, 5) is 20.1. The van der Waals surface area contributed by atoms with E-state index >= 15 is 0 Å². The van der Waals surface area contributed by atoms with Crippen molar-refractivity contribution in [2.45, 2.75) is 70.6 Å². The van der Waals surface area contributed by atoms with Gasteiger partial charge in [0.25, 0.3) is 11.8 Å². The number of rotatable bonds is 2. The van der Waals surface area contributed by atoms with Crippen LogP contribution in [0.3, 0.4) is 0 Å². The minimum atomic E-state index is -0.329. The van der Waals surface area contributed by atoms with Crippen LogP contribution < -0.4 is 5.32 Å². The fraction of sp³-hybridized carbons (Fsp3) is 0.765. The second kappa shape index (κ2) is 8.23. The first-order valence-corrected chi connectivity index (χ1v) is 8.27. The molecule has 1 aliphatic heterocycles. The van der Waals surface area contributed by atoms with Crippen molar-refractivity contribution in [3.63, 3.8) is 0 Å². The summed E-state index contributed by atoms with van der Waals surface area (Å²) in [7, 11) is 0. The standard InChI is InChI=1S/C13H24.C4H3NO2/c1-3-7-12(8-4-1)11-13-9-5-2-6-10-13;6-3-1-2-4(7)5-3/h12-13H,1-11H2;1-2H,(H,5,6,7). The smallest absolute Gasteiger partial charge is 0.250 e. The Kier molecular flexibility index (Phi) is 6.28. The second-order valence-electron chi connectivity index (χ2n) is 6.43. The first-order chi connectivity index (χ1) is 9.74. The van der Waals surface area contributed by atoms with Crippen LogP contribution in [0.2, 0.25) is 0 Å². The Morgan fingerprint density at radius 1 is 0.750 bits per heavy atom. The molecule has 0 aromatic rings. The number of hydrogen-bond acceptors (Lipinski definition) is 2. The number of carbonyl (C=O) groups is 2. The number of amides is 2. The van der Waals surface area contributed by atoms with E-state index in [0.29, 0.717) is 0 Å². The molecule has 2 fully saturated rings. The highest BCUT2D eigenvalue weighted by Crippen LogP contribution is 2.34. The van der Waals surface area contributed by atoms with Crippen LogP contribution >= 0.6 is 0 Å². The van der Waals surface area contributed by atoms with Crippen LogP contribution in [-0.2, 0) is 9.59 Å². The van der Waals surface area contributed by atoms with Crippen molar-refractivity contribution in [3.8, 4) is 0 Å². The number of imide groups is 1. The minimum Gasteiger partial charge on any atom is -0.289 e. The first kappa shape index (κ1) is 15.3. The Hall–Kier alpha value is -1.12. The lowest BCUT2D eigenvalue weighted by molar-refractivity contribution is -0.123. The van der Waals surface area contributed by atoms with Gasteiger partial charge in [0.05, 0.1) is 0 Å². The molecule has 2 aliphatic carbocycles. The van der Waals surface area contributed by atoms with Crippen LogP contribution in [0.4, 0.5) is 0 Å². The molecule has 3 rings (SSSR count). The molecule has 2 saturated carbocycles. The average molecular weight is 277 g/mol. The highest BCUT2D eigenvalue weighted by Gasteiger charge is 2.20. The molecule has 20 heavy (non-hydrogen) atoms. The molecular weight excluding hydrogens is 250 g/mol. The van der Waals surface area contributed by atoms with Gasteiger partial charge in [-0.15, -0.1) is 0 Å². The van der Waals surface area contributed by atoms with E-state index in [2.05, 4.69) is 0 Å². The molecule has 112 valence electrons. The molecule has 3 heteroatoms. The zero-order chi connectivity index (χ0) is 14.2. The predicted octanol–water partition coefficient (Wildman–Crippen LogP) is 3.74. The van der Waals surface area contributed by atoms with Gasteiger partial charge in [-0.05, 0) is 18.3 Å². The monoisotopic (exact) mass is 277 g/mol. The van der Waals surface area contributed by atoms with Gasteiger partial charge in [0.2, 0.25) is 0 Å². The van der Waals surface area contributed by atoms with E-state index in [9.17, 15) is 9.59 Å². The van der Waals surface area contributed by atoms with Gasteiger partial charge in [0.15, 0.2) is 0 Å². The third-order valence-electron chi connectivity index (χ3n) is 4.75. The molecule has 0 aromatic heterocycles. The molecular formula is C17H27NO2. The van der Waals surface area contributed by atoms with E-state index < -0.39 is 0 Å². The summed E-state index contributed by atoms with van der Waals surface area (Å²) < 4.78 is 0. The summed E-state index contributed by atoms with van der Waals surface area (Å²) in [6, 6.07) is 0. The van der Waals surface area contributed by atoms with Crippen LogP contribution in [0.5, 0.6) is 0 Å². The largest absolute Gasteiger partial charge is 0.289 e. The van der Waals surface area contributed by atoms with Gasteiger partial charge in [-0.1, -0.05) is 64.2 Å². The van der Waals surface area contributed by atoms with Gasteiger partial charge < -0.3 is 0 Å². The van der Waals surface area contributed by atoms with Gasteiger partial charge in [-0.3, -0.25) is 14.9 Å². The molecule has 0 unspecified atom stereocenters. The molecule has 3 aliphatic rings. The molecule has 0 radical (unpaired) electrons. The van der Waals surface area contributed by atoms with E-state index in [1.165, 1.54) is 50.7 Å². The van der Waals surface area contributed by atoms with E-state index in [0.717, 1.165) is 11.8 Å². The Labute approximate surface area is 122 Å². The van der Waals surface area contributed by atoms with Crippen LogP contribution in [0, 0.1) is 11.8 Å². The second-order valence-corrected chi connectivity index (χ2v) is 6.43. The molecule has 0 atom stereocenters. The van der Waals surface area contributed by atoms with Crippen LogP contribution in [0.15, 0.2) is 12.2 Å². The maximum Gasteiger partial charge on any atom is 0.250 e. The van der Waals surface area contributed by atoms with Crippen LogP contribution in [-0.4, -0.2) is 11.8 Å². The number of carbonyl (C=O) groups excluding carboxylic acids is 2. The van der Waals surface area contributed by atoms with Crippen molar-refractivity contribution < 1.29 is 9.59 Å². The first-order valence-electron chi connectivity index (χ1n) is 8.27. The van der Waals surface area contributed by atoms with Crippen molar-refractivity contribution in [2.75, 3.05) is 0 Å². The average Bonchev–Trinajstić information content (AvgIpc) is 2.85. The molecule has 1 heterocycles. The summed E-state index contributed by atoms with van der Waals surface area (Å²) in [5.74, 6) is 1.59. The molecule has 0 aromatic carbocycles. The van der Waals surface area contributed by atoms with E-state index in [4.69, 9.17) is 0 Å². The molecule has 1 N–H and O–H groups in total. The molecule has 0 bridgehead atoms.